The van der Waals surface area contributed by atoms with E-state index in [1.165, 1.54) is 29.5 Å². The van der Waals surface area contributed by atoms with E-state index < -0.39 is 0 Å². The molecule has 2 aromatic rings. The minimum atomic E-state index is 0.268. The number of hydrogen-bond acceptors (Lipinski definition) is 1. The number of aryl methyl sites for hydroxylation is 1. The number of ether oxygens (including phenoxy) is 1. The van der Waals surface area contributed by atoms with Crippen LogP contribution in [-0.2, 0) is 12.8 Å². The van der Waals surface area contributed by atoms with Crippen molar-refractivity contribution in [2.75, 3.05) is 0 Å². The molecule has 0 aromatic heterocycles. The highest BCUT2D eigenvalue weighted by molar-refractivity contribution is 5.40. The summed E-state index contributed by atoms with van der Waals surface area (Å²) in [5.74, 6) is 1.73. The average molecular weight is 236 g/mol. The largest absolute Gasteiger partial charge is 0.485 e. The van der Waals surface area contributed by atoms with Crippen molar-refractivity contribution in [3.05, 3.63) is 65.2 Å². The van der Waals surface area contributed by atoms with Gasteiger partial charge in [0.05, 0.1) is 0 Å². The first kappa shape index (κ1) is 10.2. The van der Waals surface area contributed by atoms with E-state index in [2.05, 4.69) is 48.5 Å². The second kappa shape index (κ2) is 3.88. The lowest BCUT2D eigenvalue weighted by Crippen LogP contribution is -2.30. The predicted octanol–water partition coefficient (Wildman–Crippen LogP) is 3.93. The van der Waals surface area contributed by atoms with E-state index in [4.69, 9.17) is 4.74 Å². The van der Waals surface area contributed by atoms with E-state index >= 15 is 0 Å². The van der Waals surface area contributed by atoms with Crippen LogP contribution in [0.15, 0.2) is 48.5 Å². The predicted molar refractivity (Wildman–Crippen MR) is 71.8 cm³/mol. The van der Waals surface area contributed by atoms with Crippen molar-refractivity contribution in [2.45, 2.75) is 25.4 Å². The first-order chi connectivity index (χ1) is 8.92. The van der Waals surface area contributed by atoms with E-state index in [0.29, 0.717) is 5.92 Å². The van der Waals surface area contributed by atoms with Crippen LogP contribution in [0, 0.1) is 5.92 Å². The molecule has 18 heavy (non-hydrogen) atoms. The molecule has 0 radical (unpaired) electrons. The molecular formula is C17H16O. The van der Waals surface area contributed by atoms with Gasteiger partial charge in [-0.15, -0.1) is 0 Å². The Morgan fingerprint density at radius 3 is 2.61 bits per heavy atom. The molecule has 90 valence electrons. The maximum absolute atomic E-state index is 6.26. The van der Waals surface area contributed by atoms with Gasteiger partial charge in [0.25, 0.3) is 0 Å². The Kier molecular flexibility index (Phi) is 2.19. The monoisotopic (exact) mass is 236 g/mol. The Morgan fingerprint density at radius 2 is 1.67 bits per heavy atom. The molecule has 0 amide bonds. The molecule has 1 aliphatic heterocycles. The van der Waals surface area contributed by atoms with Crippen LogP contribution >= 0.6 is 0 Å². The van der Waals surface area contributed by atoms with Gasteiger partial charge in [0, 0.05) is 5.92 Å². The van der Waals surface area contributed by atoms with Crippen LogP contribution in [-0.4, -0.2) is 0 Å². The van der Waals surface area contributed by atoms with Crippen molar-refractivity contribution < 1.29 is 4.74 Å². The van der Waals surface area contributed by atoms with Crippen LogP contribution in [0.5, 0.6) is 5.75 Å². The summed E-state index contributed by atoms with van der Waals surface area (Å²) in [6, 6.07) is 17.2. The van der Waals surface area contributed by atoms with Crippen LogP contribution in [0.4, 0.5) is 0 Å². The minimum Gasteiger partial charge on any atom is -0.485 e. The summed E-state index contributed by atoms with van der Waals surface area (Å²) in [5, 5.41) is 0. The van der Waals surface area contributed by atoms with Gasteiger partial charge in [-0.1, -0.05) is 42.5 Å². The highest BCUT2D eigenvalue weighted by Gasteiger charge is 2.34. The van der Waals surface area contributed by atoms with Crippen molar-refractivity contribution in [1.82, 2.24) is 0 Å². The quantitative estimate of drug-likeness (QED) is 0.673. The van der Waals surface area contributed by atoms with Gasteiger partial charge in [-0.25, -0.2) is 0 Å². The molecule has 0 spiro atoms. The summed E-state index contributed by atoms with van der Waals surface area (Å²) in [6.07, 6.45) is 3.87. The standard InChI is InChI=1S/C17H16O/c1-3-7-15-12(5-1)9-10-14-11-13-6-2-4-8-16(13)18-17(14)15/h1-8,14,17H,9-11H2/t14-,17+/m1/s1. The number of hydrogen-bond donors (Lipinski definition) is 0. The molecule has 2 aromatic carbocycles. The maximum atomic E-state index is 6.26. The van der Waals surface area contributed by atoms with Gasteiger partial charge in [-0.2, -0.15) is 0 Å². The Morgan fingerprint density at radius 1 is 0.889 bits per heavy atom. The molecule has 0 saturated carbocycles. The number of para-hydroxylation sites is 1. The number of rotatable bonds is 0. The molecule has 1 heteroatoms. The lowest BCUT2D eigenvalue weighted by Gasteiger charge is -2.38. The molecule has 2 aliphatic rings. The van der Waals surface area contributed by atoms with E-state index in [1.54, 1.807) is 0 Å². The van der Waals surface area contributed by atoms with Crippen molar-refractivity contribution in [3.8, 4) is 5.75 Å². The summed E-state index contributed by atoms with van der Waals surface area (Å²) in [7, 11) is 0. The number of benzene rings is 2. The zero-order valence-corrected chi connectivity index (χ0v) is 10.3. The Balaban J connectivity index is 1.79. The van der Waals surface area contributed by atoms with E-state index in [9.17, 15) is 0 Å². The molecule has 1 heterocycles. The topological polar surface area (TPSA) is 9.23 Å². The van der Waals surface area contributed by atoms with Gasteiger partial charge in [0.1, 0.15) is 11.9 Å². The van der Waals surface area contributed by atoms with Crippen LogP contribution in [0.2, 0.25) is 0 Å². The molecule has 0 fully saturated rings. The first-order valence-corrected chi connectivity index (χ1v) is 6.74. The third-order valence-electron chi connectivity index (χ3n) is 4.28. The van der Waals surface area contributed by atoms with Crippen LogP contribution in [0.25, 0.3) is 0 Å². The summed E-state index contributed by atoms with van der Waals surface area (Å²) in [6.45, 7) is 0. The average Bonchev–Trinajstić information content (AvgIpc) is 2.45. The summed E-state index contributed by atoms with van der Waals surface area (Å²) in [4.78, 5) is 0. The molecule has 0 saturated heterocycles. The minimum absolute atomic E-state index is 0.268. The van der Waals surface area contributed by atoms with Crippen molar-refractivity contribution in [2.24, 2.45) is 5.92 Å². The lowest BCUT2D eigenvalue weighted by molar-refractivity contribution is 0.0987. The Bertz CT molecular complexity index is 588. The summed E-state index contributed by atoms with van der Waals surface area (Å²) < 4.78 is 6.26. The van der Waals surface area contributed by atoms with Crippen LogP contribution in [0.1, 0.15) is 29.2 Å². The molecular weight excluding hydrogens is 220 g/mol. The SMILES string of the molecule is c1ccc2c(c1)C[C@H]1CCc3ccccc3[C@H]1O2. The fourth-order valence-electron chi connectivity index (χ4n) is 3.36. The number of fused-ring (bicyclic) bond motifs is 4. The fraction of sp³-hybridized carbons (Fsp3) is 0.294. The van der Waals surface area contributed by atoms with Gasteiger partial charge >= 0.3 is 0 Å². The van der Waals surface area contributed by atoms with Gasteiger partial charge in [0.15, 0.2) is 0 Å². The zero-order chi connectivity index (χ0) is 11.9. The van der Waals surface area contributed by atoms with Crippen molar-refractivity contribution in [1.29, 1.82) is 0 Å². The van der Waals surface area contributed by atoms with Crippen LogP contribution in [0.3, 0.4) is 0 Å². The zero-order valence-electron chi connectivity index (χ0n) is 10.3. The normalized spacial score (nSPS) is 24.4. The Labute approximate surface area is 107 Å². The molecule has 4 rings (SSSR count). The van der Waals surface area contributed by atoms with Crippen molar-refractivity contribution in [3.63, 3.8) is 0 Å². The summed E-state index contributed by atoms with van der Waals surface area (Å²) >= 11 is 0. The molecule has 0 bridgehead atoms. The van der Waals surface area contributed by atoms with E-state index in [-0.39, 0.29) is 6.10 Å². The first-order valence-electron chi connectivity index (χ1n) is 6.74. The second-order valence-corrected chi connectivity index (χ2v) is 5.35. The van der Waals surface area contributed by atoms with E-state index in [1.807, 2.05) is 0 Å². The van der Waals surface area contributed by atoms with Crippen LogP contribution < -0.4 is 4.74 Å². The third-order valence-corrected chi connectivity index (χ3v) is 4.28. The van der Waals surface area contributed by atoms with Gasteiger partial charge in [-0.3, -0.25) is 0 Å². The lowest BCUT2D eigenvalue weighted by atomic mass is 9.77. The maximum Gasteiger partial charge on any atom is 0.127 e. The van der Waals surface area contributed by atoms with Gasteiger partial charge in [-0.05, 0) is 42.0 Å². The van der Waals surface area contributed by atoms with Crippen molar-refractivity contribution >= 4 is 0 Å². The molecule has 0 unspecified atom stereocenters. The van der Waals surface area contributed by atoms with E-state index in [0.717, 1.165) is 12.2 Å². The molecule has 2 atom stereocenters. The highest BCUT2D eigenvalue weighted by atomic mass is 16.5. The molecule has 1 nitrogen and oxygen atoms in total. The molecule has 0 N–H and O–H groups in total. The molecule has 1 aliphatic carbocycles. The summed E-state index contributed by atoms with van der Waals surface area (Å²) in [5.41, 5.74) is 4.25. The second-order valence-electron chi connectivity index (χ2n) is 5.35. The highest BCUT2D eigenvalue weighted by Crippen LogP contribution is 2.44. The van der Waals surface area contributed by atoms with Gasteiger partial charge in [0.2, 0.25) is 0 Å². The fourth-order valence-corrected chi connectivity index (χ4v) is 3.36. The smallest absolute Gasteiger partial charge is 0.127 e. The van der Waals surface area contributed by atoms with Gasteiger partial charge < -0.3 is 4.74 Å². The Hall–Kier alpha value is -1.76. The third kappa shape index (κ3) is 1.47.